The van der Waals surface area contributed by atoms with Crippen molar-refractivity contribution in [3.05, 3.63) is 125 Å². The van der Waals surface area contributed by atoms with Gasteiger partial charge in [0.05, 0.1) is 22.5 Å². The average Bonchev–Trinajstić information content (AvgIpc) is 3.78. The maximum absolute atomic E-state index is 13.8. The summed E-state index contributed by atoms with van der Waals surface area (Å²) >= 11 is 1.45. The number of esters is 1. The molecule has 0 saturated carbocycles. The molecule has 1 aliphatic heterocycles. The molecule has 7 rings (SSSR count). The van der Waals surface area contributed by atoms with Gasteiger partial charge in [-0.1, -0.05) is 65.9 Å². The summed E-state index contributed by atoms with van der Waals surface area (Å²) < 4.78 is 14.2. The molecule has 1 N–H and O–H groups in total. The summed E-state index contributed by atoms with van der Waals surface area (Å²) in [5, 5.41) is 8.30. The molecule has 3 aromatic heterocycles. The Balaban J connectivity index is 1.19. The second-order valence-electron chi connectivity index (χ2n) is 13.5. The van der Waals surface area contributed by atoms with Crippen LogP contribution >= 0.6 is 11.3 Å². The summed E-state index contributed by atoms with van der Waals surface area (Å²) in [6.07, 6.45) is 5.17. The first-order chi connectivity index (χ1) is 24.7. The van der Waals surface area contributed by atoms with E-state index >= 15 is 0 Å². The van der Waals surface area contributed by atoms with Crippen molar-refractivity contribution in [1.82, 2.24) is 19.7 Å². The predicted octanol–water partition coefficient (Wildman–Crippen LogP) is 7.95. The summed E-state index contributed by atoms with van der Waals surface area (Å²) in [6.45, 7) is 7.22. The van der Waals surface area contributed by atoms with Crippen LogP contribution in [-0.2, 0) is 22.4 Å². The van der Waals surface area contributed by atoms with E-state index < -0.39 is 11.6 Å². The highest BCUT2D eigenvalue weighted by atomic mass is 32.1. The molecule has 11 heteroatoms. The lowest BCUT2D eigenvalue weighted by Gasteiger charge is -2.31. The van der Waals surface area contributed by atoms with Crippen LogP contribution < -0.4 is 10.2 Å². The molecule has 1 atom stereocenters. The first-order valence-corrected chi connectivity index (χ1v) is 17.8. The van der Waals surface area contributed by atoms with Crippen molar-refractivity contribution in [2.24, 2.45) is 0 Å². The summed E-state index contributed by atoms with van der Waals surface area (Å²) in [6, 6.07) is 27.6. The standard InChI is InChI=1S/C40H40N6O4S/c1-40(2,3)50-38(48)36-29(28-23-41-46(24-28)33(20-22-49-4)27-11-6-5-7-12-27)17-18-35(43-36)45-21-19-26-13-10-14-30(31(26)25-45)37(47)44-39-42-32-15-8-9-16-34(32)51-39/h5-18,23-24,33H,19-22,25H2,1-4H3,(H,42,44,47). The van der Waals surface area contributed by atoms with E-state index in [0.29, 0.717) is 41.8 Å². The maximum atomic E-state index is 13.8. The van der Waals surface area contributed by atoms with Crippen LogP contribution in [0.3, 0.4) is 0 Å². The Morgan fingerprint density at radius 2 is 1.76 bits per heavy atom. The number of amides is 1. The third kappa shape index (κ3) is 7.54. The van der Waals surface area contributed by atoms with Gasteiger partial charge in [0.1, 0.15) is 11.4 Å². The number of fused-ring (bicyclic) bond motifs is 2. The van der Waals surface area contributed by atoms with E-state index in [-0.39, 0.29) is 17.6 Å². The lowest BCUT2D eigenvalue weighted by molar-refractivity contribution is 0.00638. The number of carbonyl (C=O) groups excluding carboxylic acids is 2. The second-order valence-corrected chi connectivity index (χ2v) is 14.6. The van der Waals surface area contributed by atoms with Crippen molar-refractivity contribution in [3.63, 3.8) is 0 Å². The number of methoxy groups -OCH3 is 1. The zero-order valence-electron chi connectivity index (χ0n) is 29.1. The molecule has 1 aliphatic rings. The molecule has 0 fully saturated rings. The van der Waals surface area contributed by atoms with Gasteiger partial charge in [-0.25, -0.2) is 14.8 Å². The minimum absolute atomic E-state index is 0.0495. The van der Waals surface area contributed by atoms with Crippen molar-refractivity contribution in [1.29, 1.82) is 0 Å². The van der Waals surface area contributed by atoms with E-state index in [1.54, 1.807) is 13.3 Å². The molecule has 0 aliphatic carbocycles. The third-order valence-electron chi connectivity index (χ3n) is 8.84. The van der Waals surface area contributed by atoms with Gasteiger partial charge in [0.25, 0.3) is 5.91 Å². The van der Waals surface area contributed by atoms with Gasteiger partial charge in [-0.3, -0.25) is 14.8 Å². The minimum Gasteiger partial charge on any atom is -0.455 e. The van der Waals surface area contributed by atoms with Gasteiger partial charge in [-0.2, -0.15) is 5.10 Å². The Kier molecular flexibility index (Phi) is 9.66. The van der Waals surface area contributed by atoms with Crippen molar-refractivity contribution in [2.45, 2.75) is 51.8 Å². The summed E-state index contributed by atoms with van der Waals surface area (Å²) in [4.78, 5) is 39.0. The Labute approximate surface area is 301 Å². The number of hydrogen-bond acceptors (Lipinski definition) is 9. The number of rotatable bonds is 10. The first kappa shape index (κ1) is 34.1. The molecular formula is C40H40N6O4S. The highest BCUT2D eigenvalue weighted by Crippen LogP contribution is 2.33. The molecular weight excluding hydrogens is 661 g/mol. The van der Waals surface area contributed by atoms with Gasteiger partial charge >= 0.3 is 5.97 Å². The zero-order valence-corrected chi connectivity index (χ0v) is 29.9. The fourth-order valence-electron chi connectivity index (χ4n) is 6.42. The largest absolute Gasteiger partial charge is 0.455 e. The number of thiazole rings is 1. The van der Waals surface area contributed by atoms with Gasteiger partial charge in [0, 0.05) is 49.7 Å². The van der Waals surface area contributed by atoms with Crippen molar-refractivity contribution in [3.8, 4) is 11.1 Å². The van der Waals surface area contributed by atoms with Gasteiger partial charge < -0.3 is 14.4 Å². The highest BCUT2D eigenvalue weighted by Gasteiger charge is 2.28. The van der Waals surface area contributed by atoms with Crippen LogP contribution in [0.25, 0.3) is 21.3 Å². The molecule has 0 spiro atoms. The normalized spacial score (nSPS) is 13.5. The van der Waals surface area contributed by atoms with Crippen molar-refractivity contribution >= 4 is 44.4 Å². The zero-order chi connectivity index (χ0) is 35.5. The molecule has 0 saturated heterocycles. The number of anilines is 2. The molecule has 6 aromatic rings. The molecule has 0 radical (unpaired) electrons. The summed E-state index contributed by atoms with van der Waals surface area (Å²) in [5.41, 5.74) is 5.48. The fraction of sp³-hybridized carbons (Fsp3) is 0.275. The quantitative estimate of drug-likeness (QED) is 0.143. The first-order valence-electron chi connectivity index (χ1n) is 17.0. The third-order valence-corrected chi connectivity index (χ3v) is 9.79. The number of aromatic nitrogens is 4. The highest BCUT2D eigenvalue weighted by molar-refractivity contribution is 7.22. The van der Waals surface area contributed by atoms with Gasteiger partial charge in [0.15, 0.2) is 10.8 Å². The maximum Gasteiger partial charge on any atom is 0.358 e. The van der Waals surface area contributed by atoms with E-state index in [1.807, 2.05) is 98.4 Å². The fourth-order valence-corrected chi connectivity index (χ4v) is 7.28. The smallest absolute Gasteiger partial charge is 0.358 e. The number of para-hydroxylation sites is 1. The lowest BCUT2D eigenvalue weighted by Crippen LogP contribution is -2.33. The van der Waals surface area contributed by atoms with Crippen LogP contribution in [0.1, 0.15) is 70.8 Å². The van der Waals surface area contributed by atoms with Crippen LogP contribution in [0.2, 0.25) is 0 Å². The Hall–Kier alpha value is -5.39. The molecule has 1 unspecified atom stereocenters. The minimum atomic E-state index is -0.718. The summed E-state index contributed by atoms with van der Waals surface area (Å²) in [7, 11) is 1.69. The Morgan fingerprint density at radius 3 is 2.55 bits per heavy atom. The van der Waals surface area contributed by atoms with Crippen molar-refractivity contribution < 1.29 is 19.1 Å². The van der Waals surface area contributed by atoms with Gasteiger partial charge in [0.2, 0.25) is 0 Å². The van der Waals surface area contributed by atoms with Crippen molar-refractivity contribution in [2.75, 3.05) is 30.5 Å². The lowest BCUT2D eigenvalue weighted by atomic mass is 9.94. The van der Waals surface area contributed by atoms with E-state index in [0.717, 1.165) is 45.3 Å². The van der Waals surface area contributed by atoms with E-state index in [2.05, 4.69) is 33.4 Å². The van der Waals surface area contributed by atoms with E-state index in [4.69, 9.17) is 19.6 Å². The van der Waals surface area contributed by atoms with Gasteiger partial charge in [-0.15, -0.1) is 0 Å². The number of pyridine rings is 1. The monoisotopic (exact) mass is 700 g/mol. The van der Waals surface area contributed by atoms with Crippen LogP contribution in [0.4, 0.5) is 10.9 Å². The molecule has 4 heterocycles. The molecule has 1 amide bonds. The second kappa shape index (κ2) is 14.5. The molecule has 260 valence electrons. The number of benzene rings is 3. The van der Waals surface area contributed by atoms with E-state index in [9.17, 15) is 9.59 Å². The van der Waals surface area contributed by atoms with Crippen LogP contribution in [-0.4, -0.2) is 57.5 Å². The Bertz CT molecular complexity index is 2160. The summed E-state index contributed by atoms with van der Waals surface area (Å²) in [5.74, 6) is -0.0949. The van der Waals surface area contributed by atoms with Crippen LogP contribution in [0.5, 0.6) is 0 Å². The SMILES string of the molecule is COCCC(c1ccccc1)n1cc(-c2ccc(N3CCc4cccc(C(=O)Nc5nc6ccccc6s5)c4C3)nc2C(=O)OC(C)(C)C)cn1. The topological polar surface area (TPSA) is 111 Å². The molecule has 51 heavy (non-hydrogen) atoms. The predicted molar refractivity (Wildman–Crippen MR) is 200 cm³/mol. The molecule has 0 bridgehead atoms. The molecule has 3 aromatic carbocycles. The number of carbonyl (C=O) groups is 2. The number of nitrogens with zero attached hydrogens (tertiary/aromatic N) is 5. The Morgan fingerprint density at radius 1 is 0.961 bits per heavy atom. The average molecular weight is 701 g/mol. The number of hydrogen-bond donors (Lipinski definition) is 1. The van der Waals surface area contributed by atoms with Gasteiger partial charge in [-0.05, 0) is 80.6 Å². The van der Waals surface area contributed by atoms with E-state index in [1.165, 1.54) is 11.3 Å². The van der Waals surface area contributed by atoms with Crippen LogP contribution in [0.15, 0.2) is 97.3 Å². The number of nitrogens with one attached hydrogen (secondary N) is 1. The van der Waals surface area contributed by atoms with Crippen LogP contribution in [0, 0.1) is 0 Å². The number of ether oxygens (including phenoxy) is 2. The molecule has 10 nitrogen and oxygen atoms in total.